The van der Waals surface area contributed by atoms with Crippen molar-refractivity contribution in [3.8, 4) is 0 Å². The molecule has 2 aromatic rings. The van der Waals surface area contributed by atoms with E-state index in [0.717, 1.165) is 22.9 Å². The highest BCUT2D eigenvalue weighted by molar-refractivity contribution is 8.18. The normalized spacial score (nSPS) is 16.3. The second kappa shape index (κ2) is 7.46. The van der Waals surface area contributed by atoms with Crippen LogP contribution in [0.3, 0.4) is 0 Å². The topological polar surface area (TPSA) is 37.4 Å². The molecule has 1 fully saturated rings. The molecular formula is C20H18ClNO2S. The van der Waals surface area contributed by atoms with Crippen molar-refractivity contribution in [2.45, 2.75) is 26.3 Å². The van der Waals surface area contributed by atoms with Gasteiger partial charge in [0.25, 0.3) is 11.1 Å². The minimum Gasteiger partial charge on any atom is -0.268 e. The Morgan fingerprint density at radius 1 is 1.12 bits per heavy atom. The highest BCUT2D eigenvalue weighted by Gasteiger charge is 2.34. The molecule has 5 heteroatoms. The summed E-state index contributed by atoms with van der Waals surface area (Å²) in [6, 6.07) is 15.2. The lowest BCUT2D eigenvalue weighted by Crippen LogP contribution is -2.27. The first-order chi connectivity index (χ1) is 11.9. The van der Waals surface area contributed by atoms with Gasteiger partial charge in [-0.25, -0.2) is 0 Å². The summed E-state index contributed by atoms with van der Waals surface area (Å²) < 4.78 is 0. The van der Waals surface area contributed by atoms with Crippen LogP contribution in [0.1, 0.15) is 36.5 Å². The molecule has 0 bridgehead atoms. The molecule has 1 aliphatic heterocycles. The van der Waals surface area contributed by atoms with Crippen molar-refractivity contribution in [2.24, 2.45) is 0 Å². The monoisotopic (exact) mass is 371 g/mol. The van der Waals surface area contributed by atoms with E-state index < -0.39 is 0 Å². The Labute approximate surface area is 156 Å². The zero-order chi connectivity index (χ0) is 18.0. The van der Waals surface area contributed by atoms with Gasteiger partial charge in [0.15, 0.2) is 0 Å². The first-order valence-corrected chi connectivity index (χ1v) is 9.23. The number of amides is 2. The van der Waals surface area contributed by atoms with Gasteiger partial charge in [-0.15, -0.1) is 0 Å². The molecule has 1 saturated heterocycles. The third-order valence-corrected chi connectivity index (χ3v) is 5.15. The van der Waals surface area contributed by atoms with Crippen molar-refractivity contribution < 1.29 is 9.59 Å². The highest BCUT2D eigenvalue weighted by Crippen LogP contribution is 2.33. The van der Waals surface area contributed by atoms with Crippen LogP contribution >= 0.6 is 23.4 Å². The maximum atomic E-state index is 12.6. The van der Waals surface area contributed by atoms with Crippen LogP contribution in [0.5, 0.6) is 0 Å². The van der Waals surface area contributed by atoms with Gasteiger partial charge in [0.05, 0.1) is 11.4 Å². The summed E-state index contributed by atoms with van der Waals surface area (Å²) in [6.45, 7) is 4.50. The molecule has 0 spiro atoms. The van der Waals surface area contributed by atoms with E-state index in [-0.39, 0.29) is 17.7 Å². The number of halogens is 1. The van der Waals surface area contributed by atoms with Crippen LogP contribution in [0.25, 0.3) is 6.08 Å². The van der Waals surface area contributed by atoms with Gasteiger partial charge in [0.2, 0.25) is 0 Å². The van der Waals surface area contributed by atoms with Gasteiger partial charge in [-0.1, -0.05) is 61.8 Å². The zero-order valence-electron chi connectivity index (χ0n) is 14.0. The van der Waals surface area contributed by atoms with Crippen LogP contribution in [0.15, 0.2) is 53.4 Å². The Morgan fingerprint density at radius 3 is 2.48 bits per heavy atom. The maximum absolute atomic E-state index is 12.6. The van der Waals surface area contributed by atoms with Crippen molar-refractivity contribution in [3.63, 3.8) is 0 Å². The molecule has 1 aliphatic rings. The van der Waals surface area contributed by atoms with Crippen LogP contribution in [-0.2, 0) is 11.3 Å². The lowest BCUT2D eigenvalue weighted by atomic mass is 10.0. The third kappa shape index (κ3) is 4.14. The molecule has 3 nitrogen and oxygen atoms in total. The number of rotatable bonds is 4. The van der Waals surface area contributed by atoms with Crippen LogP contribution in [-0.4, -0.2) is 16.0 Å². The Hall–Kier alpha value is -2.04. The molecule has 0 atom stereocenters. The second-order valence-electron chi connectivity index (χ2n) is 6.22. The molecule has 25 heavy (non-hydrogen) atoms. The molecule has 2 amide bonds. The number of nitrogens with zero attached hydrogens (tertiary/aromatic N) is 1. The van der Waals surface area contributed by atoms with Gasteiger partial charge in [-0.2, -0.15) is 0 Å². The summed E-state index contributed by atoms with van der Waals surface area (Å²) in [4.78, 5) is 26.5. The molecule has 3 rings (SSSR count). The average Bonchev–Trinajstić information content (AvgIpc) is 2.83. The molecule has 0 aromatic heterocycles. The molecule has 0 saturated carbocycles. The molecule has 0 unspecified atom stereocenters. The minimum absolute atomic E-state index is 0.231. The van der Waals surface area contributed by atoms with E-state index in [1.54, 1.807) is 18.2 Å². The number of carbonyl (C=O) groups excluding carboxylic acids is 2. The fourth-order valence-corrected chi connectivity index (χ4v) is 3.63. The Morgan fingerprint density at radius 2 is 1.84 bits per heavy atom. The van der Waals surface area contributed by atoms with Gasteiger partial charge in [-0.3, -0.25) is 14.5 Å². The molecule has 1 heterocycles. The van der Waals surface area contributed by atoms with Crippen LogP contribution in [0, 0.1) is 0 Å². The van der Waals surface area contributed by atoms with E-state index in [4.69, 9.17) is 11.6 Å². The lowest BCUT2D eigenvalue weighted by molar-refractivity contribution is -0.123. The molecule has 128 valence electrons. The van der Waals surface area contributed by atoms with Crippen LogP contribution < -0.4 is 0 Å². The molecule has 0 aliphatic carbocycles. The fourth-order valence-electron chi connectivity index (χ4n) is 2.58. The van der Waals surface area contributed by atoms with Gasteiger partial charge in [0.1, 0.15) is 0 Å². The second-order valence-corrected chi connectivity index (χ2v) is 7.65. The Bertz CT molecular complexity index is 843. The quantitative estimate of drug-likeness (QED) is 0.647. The lowest BCUT2D eigenvalue weighted by Gasteiger charge is -2.12. The first-order valence-electron chi connectivity index (χ1n) is 8.04. The third-order valence-electron chi connectivity index (χ3n) is 4.00. The summed E-state index contributed by atoms with van der Waals surface area (Å²) in [6.07, 6.45) is 1.77. The predicted molar refractivity (Wildman–Crippen MR) is 103 cm³/mol. The van der Waals surface area contributed by atoms with E-state index in [0.29, 0.717) is 15.8 Å². The van der Waals surface area contributed by atoms with Crippen molar-refractivity contribution in [1.82, 2.24) is 4.90 Å². The maximum Gasteiger partial charge on any atom is 0.293 e. The number of carbonyl (C=O) groups is 2. The zero-order valence-corrected chi connectivity index (χ0v) is 15.6. The smallest absolute Gasteiger partial charge is 0.268 e. The summed E-state index contributed by atoms with van der Waals surface area (Å²) >= 11 is 6.95. The number of hydrogen-bond acceptors (Lipinski definition) is 3. The highest BCUT2D eigenvalue weighted by atomic mass is 35.5. The van der Waals surface area contributed by atoms with E-state index in [1.807, 2.05) is 36.4 Å². The van der Waals surface area contributed by atoms with Crippen molar-refractivity contribution >= 4 is 40.6 Å². The Kier molecular flexibility index (Phi) is 5.30. The largest absolute Gasteiger partial charge is 0.293 e. The molecule has 2 aromatic carbocycles. The van der Waals surface area contributed by atoms with Gasteiger partial charge >= 0.3 is 0 Å². The number of imide groups is 1. The molecule has 0 N–H and O–H groups in total. The Balaban J connectivity index is 1.78. The standard InChI is InChI=1S/C20H18ClNO2S/c1-13(2)16-8-6-14(7-9-16)11-18-19(23)22(20(24)25-18)12-15-4-3-5-17(21)10-15/h3-11,13H,12H2,1-2H3/b18-11-. The van der Waals surface area contributed by atoms with E-state index in [2.05, 4.69) is 13.8 Å². The predicted octanol–water partition coefficient (Wildman–Crippen LogP) is 5.70. The SMILES string of the molecule is CC(C)c1ccc(/C=C2\SC(=O)N(Cc3cccc(Cl)c3)C2=O)cc1. The molecule has 0 radical (unpaired) electrons. The number of thioether (sulfide) groups is 1. The van der Waals surface area contributed by atoms with Gasteiger partial charge in [0, 0.05) is 5.02 Å². The van der Waals surface area contributed by atoms with Crippen molar-refractivity contribution in [3.05, 3.63) is 75.1 Å². The van der Waals surface area contributed by atoms with Gasteiger partial charge < -0.3 is 0 Å². The van der Waals surface area contributed by atoms with E-state index in [1.165, 1.54) is 10.5 Å². The minimum atomic E-state index is -0.261. The summed E-state index contributed by atoms with van der Waals surface area (Å²) in [5.41, 5.74) is 2.99. The van der Waals surface area contributed by atoms with E-state index >= 15 is 0 Å². The number of hydrogen-bond donors (Lipinski definition) is 0. The average molecular weight is 372 g/mol. The molecular weight excluding hydrogens is 354 g/mol. The fraction of sp³-hybridized carbons (Fsp3) is 0.200. The van der Waals surface area contributed by atoms with Gasteiger partial charge in [-0.05, 0) is 52.6 Å². The van der Waals surface area contributed by atoms with Crippen molar-refractivity contribution in [1.29, 1.82) is 0 Å². The van der Waals surface area contributed by atoms with Crippen LogP contribution in [0.4, 0.5) is 4.79 Å². The van der Waals surface area contributed by atoms with Crippen molar-refractivity contribution in [2.75, 3.05) is 0 Å². The summed E-state index contributed by atoms with van der Waals surface area (Å²) in [7, 11) is 0. The first kappa shape index (κ1) is 17.8. The van der Waals surface area contributed by atoms with Crippen LogP contribution in [0.2, 0.25) is 5.02 Å². The summed E-state index contributed by atoms with van der Waals surface area (Å²) in [5, 5.41) is 0.334. The van der Waals surface area contributed by atoms with E-state index in [9.17, 15) is 9.59 Å². The number of benzene rings is 2. The summed E-state index contributed by atoms with van der Waals surface area (Å²) in [5.74, 6) is 0.196.